The smallest absolute Gasteiger partial charge is 0.330 e. The number of hydrogen-bond acceptors (Lipinski definition) is 11. The highest BCUT2D eigenvalue weighted by atomic mass is 16.7. The second-order valence-electron chi connectivity index (χ2n) is 11.3. The number of rotatable bonds is 9. The van der Waals surface area contributed by atoms with Gasteiger partial charge >= 0.3 is 5.97 Å². The number of carbonyl (C=O) groups excluding carboxylic acids is 1. The van der Waals surface area contributed by atoms with Gasteiger partial charge in [0.25, 0.3) is 0 Å². The molecule has 1 unspecified atom stereocenters. The van der Waals surface area contributed by atoms with Gasteiger partial charge in [-0.05, 0) is 54.9 Å². The second kappa shape index (κ2) is 13.0. The molecule has 11 nitrogen and oxygen atoms in total. The van der Waals surface area contributed by atoms with E-state index in [4.69, 9.17) is 18.9 Å². The number of phenols is 1. The lowest BCUT2D eigenvalue weighted by Crippen LogP contribution is -2.61. The lowest BCUT2D eigenvalue weighted by Gasteiger charge is -2.52. The van der Waals surface area contributed by atoms with E-state index in [0.717, 1.165) is 6.08 Å². The predicted octanol–water partition coefficient (Wildman–Crippen LogP) is 1.27. The van der Waals surface area contributed by atoms with Crippen molar-refractivity contribution in [3.63, 3.8) is 0 Å². The molecule has 3 rings (SSSR count). The van der Waals surface area contributed by atoms with Crippen molar-refractivity contribution in [1.29, 1.82) is 0 Å². The molecule has 9 atom stereocenters. The van der Waals surface area contributed by atoms with E-state index in [0.29, 0.717) is 18.4 Å². The van der Waals surface area contributed by atoms with Crippen molar-refractivity contribution >= 4 is 12.0 Å². The third-order valence-electron chi connectivity index (χ3n) is 7.82. The van der Waals surface area contributed by atoms with E-state index in [1.165, 1.54) is 25.3 Å². The van der Waals surface area contributed by atoms with Gasteiger partial charge in [-0.25, -0.2) is 4.79 Å². The molecule has 0 spiro atoms. The predicted molar refractivity (Wildman–Crippen MR) is 144 cm³/mol. The van der Waals surface area contributed by atoms with Crippen LogP contribution >= 0.6 is 0 Å². The zero-order chi connectivity index (χ0) is 29.8. The summed E-state index contributed by atoms with van der Waals surface area (Å²) < 4.78 is 22.0. The highest BCUT2D eigenvalue weighted by Gasteiger charge is 2.53. The van der Waals surface area contributed by atoms with E-state index < -0.39 is 66.5 Å². The van der Waals surface area contributed by atoms with Gasteiger partial charge in [0.1, 0.15) is 31.0 Å². The summed E-state index contributed by atoms with van der Waals surface area (Å²) >= 11 is 0. The standard InChI is InChI=1S/C29H42O11/c1-16-12-19(14-28(3,4)29(16,36)11-10-17(2)30)39-27-26(35)25(34)24(33)22(40-27)15-38-23(32)9-7-18-6-8-20(31)21(13-18)37-5/h6-11,13,16-17,19,22,24-27,30-31,33-36H,12,14-15H2,1-5H3/b9-7+,11-10-/t16-,17?,19+,22-,24-,25+,26-,27-,29-/m1/s1. The maximum absolute atomic E-state index is 12.3. The molecule has 1 saturated heterocycles. The number of esters is 1. The Morgan fingerprint density at radius 1 is 1.20 bits per heavy atom. The van der Waals surface area contributed by atoms with Crippen LogP contribution in [0.3, 0.4) is 0 Å². The lowest BCUT2D eigenvalue weighted by atomic mass is 9.59. The molecule has 1 aliphatic heterocycles. The maximum Gasteiger partial charge on any atom is 0.330 e. The largest absolute Gasteiger partial charge is 0.504 e. The molecule has 1 saturated carbocycles. The highest BCUT2D eigenvalue weighted by Crippen LogP contribution is 2.49. The van der Waals surface area contributed by atoms with Crippen LogP contribution in [0.5, 0.6) is 11.5 Å². The summed E-state index contributed by atoms with van der Waals surface area (Å²) in [4.78, 5) is 12.3. The molecule has 1 aromatic rings. The average molecular weight is 567 g/mol. The number of aliphatic hydroxyl groups excluding tert-OH is 4. The van der Waals surface area contributed by atoms with Gasteiger partial charge in [-0.2, -0.15) is 0 Å². The first-order chi connectivity index (χ1) is 18.7. The molecule has 0 bridgehead atoms. The average Bonchev–Trinajstić information content (AvgIpc) is 2.89. The normalized spacial score (nSPS) is 35.1. The number of benzene rings is 1. The van der Waals surface area contributed by atoms with Crippen molar-refractivity contribution in [3.8, 4) is 11.5 Å². The van der Waals surface area contributed by atoms with Crippen LogP contribution in [0.4, 0.5) is 0 Å². The fourth-order valence-corrected chi connectivity index (χ4v) is 5.37. The third-order valence-corrected chi connectivity index (χ3v) is 7.82. The Hall–Kier alpha value is -2.51. The number of ether oxygens (including phenoxy) is 4. The monoisotopic (exact) mass is 566 g/mol. The van der Waals surface area contributed by atoms with Gasteiger partial charge < -0.3 is 49.6 Å². The Kier molecular flexibility index (Phi) is 10.4. The molecule has 6 N–H and O–H groups in total. The van der Waals surface area contributed by atoms with Gasteiger partial charge in [-0.1, -0.05) is 39.0 Å². The Morgan fingerprint density at radius 2 is 1.90 bits per heavy atom. The third kappa shape index (κ3) is 7.22. The van der Waals surface area contributed by atoms with E-state index in [-0.39, 0.29) is 17.4 Å². The molecule has 1 aromatic carbocycles. The van der Waals surface area contributed by atoms with Gasteiger partial charge in [-0.3, -0.25) is 0 Å². The first kappa shape index (κ1) is 32.0. The quantitative estimate of drug-likeness (QED) is 0.144. The maximum atomic E-state index is 12.3. The van der Waals surface area contributed by atoms with Crippen molar-refractivity contribution in [3.05, 3.63) is 42.0 Å². The molecule has 2 aliphatic rings. The van der Waals surface area contributed by atoms with Gasteiger partial charge in [0.2, 0.25) is 0 Å². The van der Waals surface area contributed by atoms with Crippen molar-refractivity contribution in [1.82, 2.24) is 0 Å². The van der Waals surface area contributed by atoms with E-state index in [1.54, 1.807) is 25.1 Å². The number of aromatic hydroxyl groups is 1. The SMILES string of the molecule is COc1cc(/C=C/C(=O)OC[C@H]2O[C@@H](O[C@H]3C[C@@H](C)[C@](O)(/C=C\C(C)O)C(C)(C)C3)[C@H](O)[C@@H](O)[C@@H]2O)ccc1O. The molecule has 1 aliphatic carbocycles. The summed E-state index contributed by atoms with van der Waals surface area (Å²) in [7, 11) is 1.40. The zero-order valence-corrected chi connectivity index (χ0v) is 23.5. The minimum atomic E-state index is -1.61. The Labute approximate surface area is 234 Å². The fourth-order valence-electron chi connectivity index (χ4n) is 5.37. The summed E-state index contributed by atoms with van der Waals surface area (Å²) in [5, 5.41) is 62.2. The summed E-state index contributed by atoms with van der Waals surface area (Å²) in [6.45, 7) is 6.82. The number of methoxy groups -OCH3 is 1. The lowest BCUT2D eigenvalue weighted by molar-refractivity contribution is -0.319. The van der Waals surface area contributed by atoms with Gasteiger partial charge in [-0.15, -0.1) is 0 Å². The van der Waals surface area contributed by atoms with Crippen LogP contribution in [0, 0.1) is 11.3 Å². The van der Waals surface area contributed by atoms with Crippen molar-refractivity contribution < 1.29 is 54.4 Å². The molecule has 0 amide bonds. The van der Waals surface area contributed by atoms with Crippen LogP contribution in [-0.4, -0.2) is 98.8 Å². The minimum absolute atomic E-state index is 0.0433. The number of aliphatic hydroxyl groups is 5. The van der Waals surface area contributed by atoms with E-state index in [1.807, 2.05) is 20.8 Å². The Bertz CT molecular complexity index is 1070. The van der Waals surface area contributed by atoms with Crippen LogP contribution in [-0.2, 0) is 19.0 Å². The molecule has 40 heavy (non-hydrogen) atoms. The second-order valence-corrected chi connectivity index (χ2v) is 11.3. The van der Waals surface area contributed by atoms with Crippen molar-refractivity contribution in [2.45, 2.75) is 89.1 Å². The molecule has 0 aromatic heterocycles. The van der Waals surface area contributed by atoms with Gasteiger partial charge in [0, 0.05) is 6.08 Å². The van der Waals surface area contributed by atoms with Crippen molar-refractivity contribution in [2.75, 3.05) is 13.7 Å². The van der Waals surface area contributed by atoms with Crippen LogP contribution in [0.1, 0.15) is 46.1 Å². The number of phenolic OH excluding ortho intramolecular Hbond substituents is 1. The summed E-state index contributed by atoms with van der Waals surface area (Å²) in [6, 6.07) is 4.53. The molecule has 2 fully saturated rings. The minimum Gasteiger partial charge on any atom is -0.504 e. The zero-order valence-electron chi connectivity index (χ0n) is 23.5. The van der Waals surface area contributed by atoms with Crippen LogP contribution in [0.15, 0.2) is 36.4 Å². The van der Waals surface area contributed by atoms with Crippen LogP contribution < -0.4 is 4.74 Å². The molecule has 11 heteroatoms. The van der Waals surface area contributed by atoms with E-state index in [9.17, 15) is 35.4 Å². The Balaban J connectivity index is 1.62. The van der Waals surface area contributed by atoms with Gasteiger partial charge in [0.15, 0.2) is 17.8 Å². The molecule has 224 valence electrons. The summed E-state index contributed by atoms with van der Waals surface area (Å²) in [5.74, 6) is -0.819. The summed E-state index contributed by atoms with van der Waals surface area (Å²) in [6.07, 6.45) is -1.78. The number of carbonyl (C=O) groups is 1. The molecule has 1 heterocycles. The fraction of sp³-hybridized carbons (Fsp3) is 0.621. The van der Waals surface area contributed by atoms with E-state index >= 15 is 0 Å². The first-order valence-corrected chi connectivity index (χ1v) is 13.3. The van der Waals surface area contributed by atoms with Gasteiger partial charge in [0.05, 0.1) is 24.9 Å². The van der Waals surface area contributed by atoms with Crippen molar-refractivity contribution in [2.24, 2.45) is 11.3 Å². The molecular weight excluding hydrogens is 524 g/mol. The van der Waals surface area contributed by atoms with Crippen LogP contribution in [0.2, 0.25) is 0 Å². The number of hydrogen-bond donors (Lipinski definition) is 6. The highest BCUT2D eigenvalue weighted by molar-refractivity contribution is 5.87. The topological polar surface area (TPSA) is 175 Å². The Morgan fingerprint density at radius 3 is 2.52 bits per heavy atom. The molecular formula is C29H42O11. The van der Waals surface area contributed by atoms with Crippen LogP contribution in [0.25, 0.3) is 6.08 Å². The first-order valence-electron chi connectivity index (χ1n) is 13.3. The molecule has 0 radical (unpaired) electrons. The summed E-state index contributed by atoms with van der Waals surface area (Å²) in [5.41, 5.74) is -1.30. The van der Waals surface area contributed by atoms with E-state index in [2.05, 4.69) is 0 Å².